The predicted molar refractivity (Wildman–Crippen MR) is 131 cm³/mol. The van der Waals surface area contributed by atoms with Crippen molar-refractivity contribution in [3.63, 3.8) is 0 Å². The summed E-state index contributed by atoms with van der Waals surface area (Å²) in [4.78, 5) is 0. The summed E-state index contributed by atoms with van der Waals surface area (Å²) in [6.07, 6.45) is 15.8. The largest absolute Gasteiger partial charge is 0.393 e. The molecule has 0 saturated heterocycles. The molecule has 1 N–H and O–H groups in total. The fourth-order valence-corrected chi connectivity index (χ4v) is 10.8. The lowest BCUT2D eigenvalue weighted by molar-refractivity contribution is -0.184. The van der Waals surface area contributed by atoms with E-state index in [1.807, 2.05) is 5.57 Å². The van der Waals surface area contributed by atoms with Crippen molar-refractivity contribution in [1.82, 2.24) is 0 Å². The molecule has 5 rings (SSSR count). The van der Waals surface area contributed by atoms with Gasteiger partial charge in [-0.05, 0) is 114 Å². The van der Waals surface area contributed by atoms with Crippen LogP contribution in [0.3, 0.4) is 0 Å². The Labute approximate surface area is 192 Å². The van der Waals surface area contributed by atoms with E-state index < -0.39 is 0 Å². The van der Waals surface area contributed by atoms with E-state index >= 15 is 0 Å². The molecule has 0 aromatic carbocycles. The quantitative estimate of drug-likeness (QED) is 0.387. The van der Waals surface area contributed by atoms with Gasteiger partial charge in [0.25, 0.3) is 0 Å². The number of aliphatic hydroxyl groups is 1. The van der Waals surface area contributed by atoms with Crippen LogP contribution in [0.1, 0.15) is 120 Å². The molecule has 0 amide bonds. The third kappa shape index (κ3) is 2.83. The Kier molecular flexibility index (Phi) is 4.66. The van der Waals surface area contributed by atoms with Gasteiger partial charge in [0, 0.05) is 0 Å². The molecular formula is C30H50O. The van der Waals surface area contributed by atoms with Crippen LogP contribution in [0.2, 0.25) is 0 Å². The van der Waals surface area contributed by atoms with Gasteiger partial charge in [-0.1, -0.05) is 67.0 Å². The molecule has 5 aliphatic carbocycles. The number of fused-ring (bicyclic) bond motifs is 7. The first-order chi connectivity index (χ1) is 14.2. The zero-order valence-electron chi connectivity index (χ0n) is 21.9. The summed E-state index contributed by atoms with van der Waals surface area (Å²) in [6, 6.07) is 0. The van der Waals surface area contributed by atoms with Gasteiger partial charge in [-0.2, -0.15) is 0 Å². The fraction of sp³-hybridized carbons (Fsp3) is 0.933. The third-order valence-electron chi connectivity index (χ3n) is 12.7. The molecule has 0 radical (unpaired) electrons. The van der Waals surface area contributed by atoms with E-state index in [9.17, 15) is 5.11 Å². The molecule has 4 fully saturated rings. The summed E-state index contributed by atoms with van der Waals surface area (Å²) in [5.41, 5.74) is 4.07. The number of hydrogen-bond donors (Lipinski definition) is 1. The van der Waals surface area contributed by atoms with Crippen LogP contribution < -0.4 is 0 Å². The van der Waals surface area contributed by atoms with Crippen molar-refractivity contribution in [2.75, 3.05) is 0 Å². The van der Waals surface area contributed by atoms with Gasteiger partial charge >= 0.3 is 0 Å². The molecule has 176 valence electrons. The minimum Gasteiger partial charge on any atom is -0.393 e. The second-order valence-electron chi connectivity index (χ2n) is 15.3. The lowest BCUT2D eigenvalue weighted by atomic mass is 9.35. The van der Waals surface area contributed by atoms with Crippen molar-refractivity contribution in [2.45, 2.75) is 126 Å². The third-order valence-corrected chi connectivity index (χ3v) is 12.7. The highest BCUT2D eigenvalue weighted by Gasteiger charge is 2.66. The Bertz CT molecular complexity index is 790. The van der Waals surface area contributed by atoms with E-state index in [2.05, 4.69) is 61.5 Å². The molecule has 5 aliphatic rings. The Morgan fingerprint density at radius 3 is 2.00 bits per heavy atom. The molecule has 8 unspecified atom stereocenters. The molecule has 0 heterocycles. The first-order valence-electron chi connectivity index (χ1n) is 13.6. The SMILES string of the molecule is CC1(C)CCC2(C)CC=C3C(C)(CCC4C3(C)CCC3C(C)(C)C(O)CCC43C)C2C1. The molecule has 0 aromatic rings. The van der Waals surface area contributed by atoms with Crippen LogP contribution in [-0.4, -0.2) is 11.2 Å². The van der Waals surface area contributed by atoms with Gasteiger partial charge < -0.3 is 5.11 Å². The van der Waals surface area contributed by atoms with E-state index in [0.717, 1.165) is 18.3 Å². The van der Waals surface area contributed by atoms with Crippen molar-refractivity contribution >= 4 is 0 Å². The second-order valence-corrected chi connectivity index (χ2v) is 15.3. The molecule has 0 spiro atoms. The van der Waals surface area contributed by atoms with Crippen molar-refractivity contribution in [2.24, 2.45) is 50.2 Å². The van der Waals surface area contributed by atoms with Gasteiger partial charge in [-0.25, -0.2) is 0 Å². The maximum absolute atomic E-state index is 10.9. The Morgan fingerprint density at radius 2 is 1.32 bits per heavy atom. The van der Waals surface area contributed by atoms with Crippen molar-refractivity contribution in [3.05, 3.63) is 11.6 Å². The molecule has 0 aliphatic heterocycles. The lowest BCUT2D eigenvalue weighted by Crippen LogP contribution is -2.63. The first-order valence-corrected chi connectivity index (χ1v) is 13.6. The van der Waals surface area contributed by atoms with Crippen LogP contribution in [0.4, 0.5) is 0 Å². The van der Waals surface area contributed by atoms with Gasteiger partial charge in [0.2, 0.25) is 0 Å². The van der Waals surface area contributed by atoms with Gasteiger partial charge in [0.1, 0.15) is 0 Å². The van der Waals surface area contributed by atoms with Gasteiger partial charge in [0.15, 0.2) is 0 Å². The van der Waals surface area contributed by atoms with E-state index in [1.165, 1.54) is 57.8 Å². The highest BCUT2D eigenvalue weighted by molar-refractivity contribution is 5.34. The number of aliphatic hydroxyl groups excluding tert-OH is 1. The smallest absolute Gasteiger partial charge is 0.0594 e. The van der Waals surface area contributed by atoms with Crippen molar-refractivity contribution in [3.8, 4) is 0 Å². The molecule has 1 nitrogen and oxygen atoms in total. The minimum absolute atomic E-state index is 0.0575. The monoisotopic (exact) mass is 426 g/mol. The first kappa shape index (κ1) is 22.5. The Hall–Kier alpha value is -0.300. The summed E-state index contributed by atoms with van der Waals surface area (Å²) >= 11 is 0. The highest BCUT2D eigenvalue weighted by atomic mass is 16.3. The average molecular weight is 427 g/mol. The summed E-state index contributed by atoms with van der Waals surface area (Å²) < 4.78 is 0. The van der Waals surface area contributed by atoms with Crippen molar-refractivity contribution in [1.29, 1.82) is 0 Å². The van der Waals surface area contributed by atoms with E-state index in [0.29, 0.717) is 33.0 Å². The van der Waals surface area contributed by atoms with Crippen LogP contribution in [0, 0.1) is 50.2 Å². The number of hydrogen-bond acceptors (Lipinski definition) is 1. The topological polar surface area (TPSA) is 20.2 Å². The predicted octanol–water partition coefficient (Wildman–Crippen LogP) is 8.17. The number of allylic oxidation sites excluding steroid dienone is 2. The van der Waals surface area contributed by atoms with Crippen LogP contribution in [-0.2, 0) is 0 Å². The van der Waals surface area contributed by atoms with Gasteiger partial charge in [0.05, 0.1) is 6.10 Å². The second kappa shape index (κ2) is 6.43. The molecule has 0 bridgehead atoms. The van der Waals surface area contributed by atoms with Crippen LogP contribution in [0.5, 0.6) is 0 Å². The summed E-state index contributed by atoms with van der Waals surface area (Å²) in [5, 5.41) is 10.9. The van der Waals surface area contributed by atoms with Crippen LogP contribution >= 0.6 is 0 Å². The Balaban J connectivity index is 1.56. The van der Waals surface area contributed by atoms with E-state index in [-0.39, 0.29) is 11.5 Å². The summed E-state index contributed by atoms with van der Waals surface area (Å²) in [6.45, 7) is 20.4. The summed E-state index contributed by atoms with van der Waals surface area (Å²) in [7, 11) is 0. The van der Waals surface area contributed by atoms with E-state index in [1.54, 1.807) is 0 Å². The van der Waals surface area contributed by atoms with Crippen LogP contribution in [0.25, 0.3) is 0 Å². The maximum Gasteiger partial charge on any atom is 0.0594 e. The fourth-order valence-electron chi connectivity index (χ4n) is 10.8. The van der Waals surface area contributed by atoms with E-state index in [4.69, 9.17) is 0 Å². The normalized spacial score (nSPS) is 55.2. The molecule has 1 heteroatoms. The lowest BCUT2D eigenvalue weighted by Gasteiger charge is -2.70. The number of rotatable bonds is 0. The van der Waals surface area contributed by atoms with Crippen LogP contribution in [0.15, 0.2) is 11.6 Å². The Morgan fingerprint density at radius 1 is 0.710 bits per heavy atom. The molecule has 0 aromatic heterocycles. The average Bonchev–Trinajstić information content (AvgIpc) is 2.66. The summed E-state index contributed by atoms with van der Waals surface area (Å²) in [5.74, 6) is 2.29. The molecule has 31 heavy (non-hydrogen) atoms. The van der Waals surface area contributed by atoms with Crippen molar-refractivity contribution < 1.29 is 5.11 Å². The standard InChI is InChI=1S/C30H50O/c1-25(2)17-18-27(5)13-9-21-29(7)14-10-20-26(3,4)24(31)12-16-28(20,6)22(29)11-15-30(21,8)23(27)19-25/h9,20,22-24,31H,10-19H2,1-8H3. The molecule has 4 saturated carbocycles. The van der Waals surface area contributed by atoms with Gasteiger partial charge in [-0.15, -0.1) is 0 Å². The van der Waals surface area contributed by atoms with Gasteiger partial charge in [-0.3, -0.25) is 0 Å². The molecule has 8 atom stereocenters. The molecular weight excluding hydrogens is 376 g/mol. The zero-order valence-corrected chi connectivity index (χ0v) is 21.9. The zero-order chi connectivity index (χ0) is 22.7. The minimum atomic E-state index is -0.122. The highest BCUT2D eigenvalue weighted by Crippen LogP contribution is 2.74. The maximum atomic E-state index is 10.9.